The molecule has 1 unspecified atom stereocenters. The lowest BCUT2D eigenvalue weighted by Crippen LogP contribution is -2.56. The number of nitrogens with zero attached hydrogens (tertiary/aromatic N) is 2. The molecule has 0 radical (unpaired) electrons. The Kier molecular flexibility index (Phi) is 9.01. The highest BCUT2D eigenvalue weighted by molar-refractivity contribution is 8.13. The van der Waals surface area contributed by atoms with Crippen LogP contribution in [0.3, 0.4) is 0 Å². The number of methoxy groups -OCH3 is 1. The third-order valence-corrected chi connectivity index (χ3v) is 7.16. The molecule has 0 bridgehead atoms. The maximum Gasteiger partial charge on any atom is 0.255 e. The number of benzene rings is 2. The number of piperazine rings is 1. The molecule has 2 atom stereocenters. The highest BCUT2D eigenvalue weighted by Crippen LogP contribution is 2.30. The zero-order valence-electron chi connectivity index (χ0n) is 18.3. The van der Waals surface area contributed by atoms with E-state index in [1.165, 1.54) is 44.0 Å². The van der Waals surface area contributed by atoms with Crippen molar-refractivity contribution in [3.05, 3.63) is 63.4 Å². The van der Waals surface area contributed by atoms with Gasteiger partial charge in [0.25, 0.3) is 5.91 Å². The molecule has 0 saturated carbocycles. The van der Waals surface area contributed by atoms with Crippen LogP contribution in [0.5, 0.6) is 5.75 Å². The lowest BCUT2D eigenvalue weighted by atomic mass is 10.1. The molecule has 1 amide bonds. The van der Waals surface area contributed by atoms with Gasteiger partial charge in [-0.25, -0.2) is 4.39 Å². The Bertz CT molecular complexity index is 1030. The Hall–Kier alpha value is -1.84. The summed E-state index contributed by atoms with van der Waals surface area (Å²) in [6.07, 6.45) is -0.900. The number of rotatable bonds is 7. The molecule has 1 fully saturated rings. The number of aliphatic hydroxyl groups is 1. The summed E-state index contributed by atoms with van der Waals surface area (Å²) in [5, 5.41) is 10.9. The summed E-state index contributed by atoms with van der Waals surface area (Å²) in [6.45, 7) is 3.02. The van der Waals surface area contributed by atoms with E-state index in [2.05, 4.69) is 0 Å². The number of amides is 1. The monoisotopic (exact) mass is 514 g/mol. The molecular weight excluding hydrogens is 490 g/mol. The van der Waals surface area contributed by atoms with Crippen LogP contribution in [-0.2, 0) is 4.79 Å². The maximum atomic E-state index is 13.5. The van der Waals surface area contributed by atoms with Crippen molar-refractivity contribution in [2.75, 3.05) is 39.0 Å². The largest absolute Gasteiger partial charge is 0.495 e. The summed E-state index contributed by atoms with van der Waals surface area (Å²) in [4.78, 5) is 28.5. The minimum atomic E-state index is -0.900. The average Bonchev–Trinajstić information content (AvgIpc) is 2.79. The standard InChI is InChI=1S/C23H25Cl2FN2O4S/c1-14(29)33-13-16-11-28(23(31)17-4-3-5-21(32-2)22(17)25)9-8-27(16)12-20(30)15-6-7-19(26)18(24)10-15/h3-7,10,16,20,30H,8-9,11-13H2,1-2H3/t16-,20?/m0/s1. The molecule has 0 aromatic heterocycles. The number of hydrogen-bond donors (Lipinski definition) is 1. The smallest absolute Gasteiger partial charge is 0.255 e. The zero-order chi connectivity index (χ0) is 24.1. The van der Waals surface area contributed by atoms with Crippen LogP contribution in [0.4, 0.5) is 4.39 Å². The Labute approximate surface area is 206 Å². The summed E-state index contributed by atoms with van der Waals surface area (Å²) in [5.41, 5.74) is 0.851. The lowest BCUT2D eigenvalue weighted by Gasteiger charge is -2.42. The van der Waals surface area contributed by atoms with Crippen LogP contribution in [0.25, 0.3) is 0 Å². The van der Waals surface area contributed by atoms with Gasteiger partial charge in [0.2, 0.25) is 0 Å². The fourth-order valence-electron chi connectivity index (χ4n) is 3.74. The van der Waals surface area contributed by atoms with Crippen LogP contribution >= 0.6 is 35.0 Å². The zero-order valence-corrected chi connectivity index (χ0v) is 20.6. The molecule has 2 aromatic rings. The highest BCUT2D eigenvalue weighted by Gasteiger charge is 2.32. The van der Waals surface area contributed by atoms with Gasteiger partial charge in [-0.3, -0.25) is 14.5 Å². The molecule has 10 heteroatoms. The van der Waals surface area contributed by atoms with Crippen molar-refractivity contribution in [2.24, 2.45) is 0 Å². The van der Waals surface area contributed by atoms with E-state index >= 15 is 0 Å². The van der Waals surface area contributed by atoms with E-state index in [0.29, 0.717) is 42.3 Å². The first kappa shape index (κ1) is 25.8. The Morgan fingerprint density at radius 1 is 1.27 bits per heavy atom. The van der Waals surface area contributed by atoms with Crippen molar-refractivity contribution in [2.45, 2.75) is 19.1 Å². The molecule has 178 valence electrons. The van der Waals surface area contributed by atoms with E-state index in [9.17, 15) is 19.1 Å². The predicted molar refractivity (Wildman–Crippen MR) is 129 cm³/mol. The number of halogens is 3. The fourth-order valence-corrected chi connectivity index (χ4v) is 4.96. The van der Waals surface area contributed by atoms with E-state index in [-0.39, 0.29) is 33.7 Å². The molecule has 1 heterocycles. The van der Waals surface area contributed by atoms with Gasteiger partial charge < -0.3 is 14.7 Å². The number of hydrogen-bond acceptors (Lipinski definition) is 6. The van der Waals surface area contributed by atoms with Gasteiger partial charge in [-0.2, -0.15) is 0 Å². The van der Waals surface area contributed by atoms with E-state index in [4.69, 9.17) is 27.9 Å². The Morgan fingerprint density at radius 2 is 2.03 bits per heavy atom. The van der Waals surface area contributed by atoms with Gasteiger partial charge in [0.05, 0.1) is 28.8 Å². The van der Waals surface area contributed by atoms with E-state index in [0.717, 1.165) is 0 Å². The van der Waals surface area contributed by atoms with Crippen molar-refractivity contribution in [1.82, 2.24) is 9.80 Å². The van der Waals surface area contributed by atoms with Crippen molar-refractivity contribution in [1.29, 1.82) is 0 Å². The van der Waals surface area contributed by atoms with Crippen LogP contribution in [-0.4, -0.2) is 71.0 Å². The number of carbonyl (C=O) groups is 2. The van der Waals surface area contributed by atoms with Crippen LogP contribution in [0.2, 0.25) is 10.0 Å². The number of carbonyl (C=O) groups excluding carboxylic acids is 2. The third kappa shape index (κ3) is 6.39. The Morgan fingerprint density at radius 3 is 2.70 bits per heavy atom. The van der Waals surface area contributed by atoms with Gasteiger partial charge in [0.1, 0.15) is 11.6 Å². The van der Waals surface area contributed by atoms with Crippen LogP contribution in [0, 0.1) is 5.82 Å². The predicted octanol–water partition coefficient (Wildman–Crippen LogP) is 4.28. The van der Waals surface area contributed by atoms with Gasteiger partial charge in [-0.1, -0.05) is 47.1 Å². The van der Waals surface area contributed by atoms with Crippen molar-refractivity contribution >= 4 is 46.0 Å². The second-order valence-corrected chi connectivity index (χ2v) is 9.70. The molecule has 1 aliphatic rings. The number of aliphatic hydroxyl groups excluding tert-OH is 1. The molecule has 1 aliphatic heterocycles. The number of β-amino-alcohol motifs (C(OH)–C–C–N with tert-alkyl or cyclic N) is 1. The van der Waals surface area contributed by atoms with E-state index in [1.54, 1.807) is 23.1 Å². The van der Waals surface area contributed by atoms with Gasteiger partial charge in [-0.15, -0.1) is 0 Å². The quantitative estimate of drug-likeness (QED) is 0.594. The molecule has 1 saturated heterocycles. The molecule has 3 rings (SSSR count). The number of thioether (sulfide) groups is 1. The molecule has 6 nitrogen and oxygen atoms in total. The second-order valence-electron chi connectivity index (χ2n) is 7.71. The molecular formula is C23H25Cl2FN2O4S. The maximum absolute atomic E-state index is 13.5. The first-order valence-electron chi connectivity index (χ1n) is 10.3. The van der Waals surface area contributed by atoms with Crippen molar-refractivity contribution < 1.29 is 23.8 Å². The van der Waals surface area contributed by atoms with E-state index in [1.807, 2.05) is 4.90 Å². The minimum Gasteiger partial charge on any atom is -0.495 e. The number of ether oxygens (including phenoxy) is 1. The average molecular weight is 515 g/mol. The summed E-state index contributed by atoms with van der Waals surface area (Å²) in [7, 11) is 1.49. The normalized spacial score (nSPS) is 17.6. The topological polar surface area (TPSA) is 70.1 Å². The molecule has 1 N–H and O–H groups in total. The summed E-state index contributed by atoms with van der Waals surface area (Å²) in [5.74, 6) is 0.113. The molecule has 33 heavy (non-hydrogen) atoms. The highest BCUT2D eigenvalue weighted by atomic mass is 35.5. The second kappa shape index (κ2) is 11.5. The first-order chi connectivity index (χ1) is 15.7. The van der Waals surface area contributed by atoms with E-state index < -0.39 is 11.9 Å². The van der Waals surface area contributed by atoms with Gasteiger partial charge >= 0.3 is 0 Å². The van der Waals surface area contributed by atoms with Crippen molar-refractivity contribution in [3.8, 4) is 5.75 Å². The van der Waals surface area contributed by atoms with Gasteiger partial charge in [0, 0.05) is 44.9 Å². The lowest BCUT2D eigenvalue weighted by molar-refractivity contribution is -0.109. The first-order valence-corrected chi connectivity index (χ1v) is 12.1. The van der Waals surface area contributed by atoms with Crippen LogP contribution < -0.4 is 4.74 Å². The van der Waals surface area contributed by atoms with Gasteiger partial charge in [-0.05, 0) is 29.8 Å². The summed E-state index contributed by atoms with van der Waals surface area (Å²) in [6, 6.07) is 9.00. The molecule has 0 aliphatic carbocycles. The van der Waals surface area contributed by atoms with Gasteiger partial charge in [0.15, 0.2) is 5.12 Å². The molecule has 0 spiro atoms. The van der Waals surface area contributed by atoms with Crippen LogP contribution in [0.1, 0.15) is 28.9 Å². The third-order valence-electron chi connectivity index (χ3n) is 5.52. The SMILES string of the molecule is COc1cccc(C(=O)N2CCN(CC(O)c3ccc(F)c(Cl)c3)[C@H](CSC(C)=O)C2)c1Cl. The van der Waals surface area contributed by atoms with Crippen LogP contribution in [0.15, 0.2) is 36.4 Å². The fraction of sp³-hybridized carbons (Fsp3) is 0.391. The van der Waals surface area contributed by atoms with Crippen molar-refractivity contribution in [3.63, 3.8) is 0 Å². The summed E-state index contributed by atoms with van der Waals surface area (Å²) >= 11 is 13.4. The Balaban J connectivity index is 1.75. The summed E-state index contributed by atoms with van der Waals surface area (Å²) < 4.78 is 18.7. The minimum absolute atomic E-state index is 0.0277. The molecule has 2 aromatic carbocycles.